The molecule has 18 nitrogen and oxygen atoms in total. The maximum atomic E-state index is 13.3. The Labute approximate surface area is 276 Å². The quantitative estimate of drug-likeness (QED) is 0.0926. The van der Waals surface area contributed by atoms with Gasteiger partial charge in [-0.05, 0) is 24.5 Å². The van der Waals surface area contributed by atoms with Gasteiger partial charge >= 0.3 is 23.5 Å². The van der Waals surface area contributed by atoms with Gasteiger partial charge in [0.2, 0.25) is 29.5 Å². The molecule has 0 radical (unpaired) electrons. The van der Waals surface area contributed by atoms with Crippen molar-refractivity contribution in [3.05, 3.63) is 40.2 Å². The molecule has 1 aromatic carbocycles. The summed E-state index contributed by atoms with van der Waals surface area (Å²) < 4.78 is 18.4. The van der Waals surface area contributed by atoms with Crippen molar-refractivity contribution in [3.8, 4) is 0 Å². The Morgan fingerprint density at radius 2 is 1.33 bits per heavy atom. The molecule has 0 saturated carbocycles. The van der Waals surface area contributed by atoms with E-state index in [1.807, 2.05) is 0 Å². The van der Waals surface area contributed by atoms with Gasteiger partial charge in [-0.15, -0.1) is 0 Å². The number of halogens is 1. The fraction of sp³-hybridized carbons (Fsp3) is 0.433. The number of amides is 5. The van der Waals surface area contributed by atoms with Crippen LogP contribution in [-0.2, 0) is 45.0 Å². The van der Waals surface area contributed by atoms with Crippen LogP contribution in [0.3, 0.4) is 0 Å². The minimum absolute atomic E-state index is 0.00693. The van der Waals surface area contributed by atoms with Crippen molar-refractivity contribution in [1.29, 1.82) is 0 Å². The van der Waals surface area contributed by atoms with E-state index in [4.69, 9.17) is 14.6 Å². The summed E-state index contributed by atoms with van der Waals surface area (Å²) in [6.45, 7) is 3.01. The third-order valence-electron chi connectivity index (χ3n) is 6.85. The number of aliphatic carboxylic acids is 3. The second kappa shape index (κ2) is 17.9. The van der Waals surface area contributed by atoms with Gasteiger partial charge in [-0.25, -0.2) is 9.18 Å². The Hall–Kier alpha value is -5.88. The van der Waals surface area contributed by atoms with E-state index in [1.165, 1.54) is 32.0 Å². The number of hydrogen-bond acceptors (Lipinski definition) is 10. The summed E-state index contributed by atoms with van der Waals surface area (Å²) in [6.07, 6.45) is -2.94. The van der Waals surface area contributed by atoms with Crippen LogP contribution in [0.2, 0.25) is 0 Å². The van der Waals surface area contributed by atoms with E-state index in [0.717, 1.165) is 13.0 Å². The number of carbonyl (C=O) groups is 8. The summed E-state index contributed by atoms with van der Waals surface area (Å²) in [7, 11) is 0. The summed E-state index contributed by atoms with van der Waals surface area (Å²) in [5, 5.41) is 39.2. The van der Waals surface area contributed by atoms with Crippen molar-refractivity contribution in [1.82, 2.24) is 21.3 Å². The highest BCUT2D eigenvalue weighted by Crippen LogP contribution is 2.22. The molecule has 0 unspecified atom stereocenters. The number of nitrogens with one attached hydrogen (secondary N) is 5. The van der Waals surface area contributed by atoms with Crippen molar-refractivity contribution in [2.75, 3.05) is 5.32 Å². The number of alkyl halides is 1. The van der Waals surface area contributed by atoms with Crippen molar-refractivity contribution in [3.63, 3.8) is 0 Å². The molecule has 0 spiro atoms. The molecule has 0 bridgehead atoms. The maximum Gasteiger partial charge on any atom is 0.336 e. The Balaban J connectivity index is 2.28. The molecule has 1 aromatic heterocycles. The molecular weight excluding hydrogens is 657 g/mol. The number of carbonyl (C=O) groups excluding carboxylic acids is 5. The fourth-order valence-electron chi connectivity index (χ4n) is 4.52. The number of carboxylic acids is 3. The highest BCUT2D eigenvalue weighted by molar-refractivity contribution is 6.01. The van der Waals surface area contributed by atoms with Crippen LogP contribution in [0.25, 0.3) is 11.0 Å². The van der Waals surface area contributed by atoms with Gasteiger partial charge in [0.05, 0.1) is 12.8 Å². The van der Waals surface area contributed by atoms with E-state index >= 15 is 0 Å². The number of anilines is 1. The first-order chi connectivity index (χ1) is 22.9. The molecule has 19 heteroatoms. The first kappa shape index (κ1) is 39.3. The molecule has 266 valence electrons. The molecule has 49 heavy (non-hydrogen) atoms. The lowest BCUT2D eigenvalue weighted by Gasteiger charge is -2.27. The third kappa shape index (κ3) is 12.3. The van der Waals surface area contributed by atoms with E-state index in [-0.39, 0.29) is 22.2 Å². The van der Waals surface area contributed by atoms with Crippen molar-refractivity contribution in [2.45, 2.75) is 77.3 Å². The largest absolute Gasteiger partial charge is 0.481 e. The van der Waals surface area contributed by atoms with Gasteiger partial charge in [-0.3, -0.25) is 38.4 Å². The number of benzene rings is 1. The van der Waals surface area contributed by atoms with Crippen LogP contribution in [0.4, 0.5) is 10.1 Å². The summed E-state index contributed by atoms with van der Waals surface area (Å²) in [5.41, 5.74) is -0.874. The second-order valence-corrected chi connectivity index (χ2v) is 11.2. The average Bonchev–Trinajstić information content (AvgIpc) is 2.99. The lowest BCUT2D eigenvalue weighted by atomic mass is 10.0. The molecule has 0 aliphatic carbocycles. The molecule has 8 N–H and O–H groups in total. The van der Waals surface area contributed by atoms with E-state index in [1.54, 1.807) is 0 Å². The first-order valence-electron chi connectivity index (χ1n) is 14.7. The molecule has 0 aliphatic heterocycles. The number of fused-ring (bicyclic) bond motifs is 1. The molecule has 0 aliphatic rings. The first-order valence-corrected chi connectivity index (χ1v) is 14.7. The standard InChI is InChI=1S/C30H36FN5O13/c1-13(2)26(36-27(45)18(6-7-22(38)39)34-29(47)19(10-23(40)41)32-14(3)37)30(48)35-20(11-24(42)43)28(46)33-16-4-5-17-15(12-31)8-25(44)49-21(17)9-16/h4-5,8-9,13,18-20,26H,6-7,10-12H2,1-3H3,(H,32,37)(H,33,46)(H,34,47)(H,35,48)(H,36,45)(H,38,39)(H,40,41)(H,42,43)/t18-,19-,20-,26-/m0/s1. The van der Waals surface area contributed by atoms with Crippen molar-refractivity contribution in [2.24, 2.45) is 5.92 Å². The summed E-state index contributed by atoms with van der Waals surface area (Å²) in [4.78, 5) is 110. The lowest BCUT2D eigenvalue weighted by molar-refractivity contribution is -0.142. The second-order valence-electron chi connectivity index (χ2n) is 11.2. The number of hydrogen-bond donors (Lipinski definition) is 8. The minimum atomic E-state index is -1.72. The highest BCUT2D eigenvalue weighted by atomic mass is 19.1. The van der Waals surface area contributed by atoms with Gasteiger partial charge < -0.3 is 46.3 Å². The monoisotopic (exact) mass is 693 g/mol. The van der Waals surface area contributed by atoms with Crippen LogP contribution < -0.4 is 32.2 Å². The molecule has 2 rings (SSSR count). The zero-order valence-corrected chi connectivity index (χ0v) is 26.5. The van der Waals surface area contributed by atoms with E-state index < -0.39 is 116 Å². The normalized spacial score (nSPS) is 13.3. The van der Waals surface area contributed by atoms with E-state index in [9.17, 15) is 52.6 Å². The Bertz CT molecular complexity index is 1660. The fourth-order valence-corrected chi connectivity index (χ4v) is 4.52. The summed E-state index contributed by atoms with van der Waals surface area (Å²) in [6, 6.07) is -1.60. The summed E-state index contributed by atoms with van der Waals surface area (Å²) in [5.74, 6) is -10.1. The topological polar surface area (TPSA) is 288 Å². The van der Waals surface area contributed by atoms with Gasteiger partial charge in [-0.1, -0.05) is 13.8 Å². The third-order valence-corrected chi connectivity index (χ3v) is 6.85. The average molecular weight is 694 g/mol. The zero-order chi connectivity index (χ0) is 37.0. The molecule has 1 heterocycles. The Kier molecular flexibility index (Phi) is 14.3. The van der Waals surface area contributed by atoms with Crippen LogP contribution in [0.15, 0.2) is 33.5 Å². The smallest absolute Gasteiger partial charge is 0.336 e. The maximum absolute atomic E-state index is 13.3. The van der Waals surface area contributed by atoms with Gasteiger partial charge in [0.1, 0.15) is 36.4 Å². The number of carboxylic acid groups (broad SMARTS) is 3. The molecule has 2 aromatic rings. The van der Waals surface area contributed by atoms with Crippen LogP contribution in [0.1, 0.15) is 52.0 Å². The molecule has 4 atom stereocenters. The predicted molar refractivity (Wildman–Crippen MR) is 166 cm³/mol. The van der Waals surface area contributed by atoms with Gasteiger partial charge in [0.25, 0.3) is 0 Å². The SMILES string of the molecule is CC(=O)N[C@@H](CC(=O)O)C(=O)N[C@@H](CCC(=O)O)C(=O)N[C@H](C(=O)N[C@@H](CC(=O)O)C(=O)Nc1ccc2c(CF)cc(=O)oc2c1)C(C)C. The Morgan fingerprint density at radius 3 is 1.86 bits per heavy atom. The number of rotatable bonds is 18. The van der Waals surface area contributed by atoms with E-state index in [2.05, 4.69) is 26.6 Å². The molecule has 5 amide bonds. The lowest BCUT2D eigenvalue weighted by Crippen LogP contribution is -2.59. The van der Waals surface area contributed by atoms with Crippen molar-refractivity contribution >= 4 is 64.1 Å². The van der Waals surface area contributed by atoms with Crippen LogP contribution >= 0.6 is 0 Å². The summed E-state index contributed by atoms with van der Waals surface area (Å²) >= 11 is 0. The Morgan fingerprint density at radius 1 is 0.755 bits per heavy atom. The van der Waals surface area contributed by atoms with Gasteiger partial charge in [-0.2, -0.15) is 0 Å². The van der Waals surface area contributed by atoms with Crippen LogP contribution in [-0.4, -0.2) is 86.9 Å². The predicted octanol–water partition coefficient (Wildman–Crippen LogP) is -0.370. The van der Waals surface area contributed by atoms with Gasteiger partial charge in [0, 0.05) is 42.1 Å². The van der Waals surface area contributed by atoms with E-state index in [0.29, 0.717) is 0 Å². The van der Waals surface area contributed by atoms with Crippen molar-refractivity contribution < 1.29 is 62.5 Å². The van der Waals surface area contributed by atoms with Crippen LogP contribution in [0, 0.1) is 5.92 Å². The zero-order valence-electron chi connectivity index (χ0n) is 26.5. The molecule has 0 fully saturated rings. The molecular formula is C30H36FN5O13. The highest BCUT2D eigenvalue weighted by Gasteiger charge is 2.34. The van der Waals surface area contributed by atoms with Gasteiger partial charge in [0.15, 0.2) is 0 Å². The molecule has 0 saturated heterocycles. The van der Waals surface area contributed by atoms with Crippen LogP contribution in [0.5, 0.6) is 0 Å². The minimum Gasteiger partial charge on any atom is -0.481 e.